The first-order valence-corrected chi connectivity index (χ1v) is 11.4. The molecule has 1 saturated carbocycles. The summed E-state index contributed by atoms with van der Waals surface area (Å²) < 4.78 is 5.05. The minimum Gasteiger partial charge on any atom is -0.465 e. The van der Waals surface area contributed by atoms with Gasteiger partial charge in [-0.3, -0.25) is 4.79 Å². The Balaban J connectivity index is 1.77. The molecule has 5 heteroatoms. The van der Waals surface area contributed by atoms with Crippen molar-refractivity contribution in [2.75, 3.05) is 12.4 Å². The number of unbranched alkanes of at least 4 members (excludes halogenated alkanes) is 1. The Bertz CT molecular complexity index is 835. The average molecular weight is 414 g/mol. The van der Waals surface area contributed by atoms with Crippen LogP contribution >= 0.6 is 11.3 Å². The molecule has 156 valence electrons. The summed E-state index contributed by atoms with van der Waals surface area (Å²) >= 11 is 1.45. The number of benzene rings is 1. The van der Waals surface area contributed by atoms with Gasteiger partial charge < -0.3 is 10.1 Å². The maximum atomic E-state index is 13.0. The van der Waals surface area contributed by atoms with Crippen LogP contribution in [0.25, 0.3) is 11.1 Å². The summed E-state index contributed by atoms with van der Waals surface area (Å²) in [4.78, 5) is 26.5. The zero-order valence-electron chi connectivity index (χ0n) is 17.6. The van der Waals surface area contributed by atoms with Gasteiger partial charge in [0, 0.05) is 16.4 Å². The number of nitrogens with one attached hydrogen (secondary N) is 1. The van der Waals surface area contributed by atoms with Gasteiger partial charge in [0.05, 0.1) is 7.11 Å². The summed E-state index contributed by atoms with van der Waals surface area (Å²) in [7, 11) is 1.38. The number of esters is 1. The molecular formula is C24H31NO3S. The van der Waals surface area contributed by atoms with Crippen molar-refractivity contribution >= 4 is 28.2 Å². The summed E-state index contributed by atoms with van der Waals surface area (Å²) in [6, 6.07) is 9.80. The summed E-state index contributed by atoms with van der Waals surface area (Å²) in [5, 5.41) is 3.67. The van der Waals surface area contributed by atoms with Crippen LogP contribution in [0.15, 0.2) is 30.3 Å². The lowest BCUT2D eigenvalue weighted by molar-refractivity contribution is -0.121. The number of carbonyl (C=O) groups is 2. The summed E-state index contributed by atoms with van der Waals surface area (Å²) in [5.74, 6) is 0.413. The number of rotatable bonds is 7. The fraction of sp³-hybridized carbons (Fsp3) is 0.500. The van der Waals surface area contributed by atoms with Gasteiger partial charge in [-0.15, -0.1) is 11.3 Å². The summed E-state index contributed by atoms with van der Waals surface area (Å²) in [5.41, 5.74) is 2.27. The molecule has 4 nitrogen and oxygen atoms in total. The van der Waals surface area contributed by atoms with Crippen LogP contribution in [-0.4, -0.2) is 19.0 Å². The third kappa shape index (κ3) is 5.08. The predicted octanol–water partition coefficient (Wildman–Crippen LogP) is 6.45. The monoisotopic (exact) mass is 413 g/mol. The zero-order chi connectivity index (χ0) is 20.8. The number of hydrogen-bond donors (Lipinski definition) is 1. The van der Waals surface area contributed by atoms with Crippen LogP contribution < -0.4 is 5.32 Å². The maximum absolute atomic E-state index is 13.0. The van der Waals surface area contributed by atoms with Gasteiger partial charge in [0.15, 0.2) is 0 Å². The second-order valence-corrected chi connectivity index (χ2v) is 9.17. The van der Waals surface area contributed by atoms with Gasteiger partial charge in [0.2, 0.25) is 5.91 Å². The highest BCUT2D eigenvalue weighted by atomic mass is 32.1. The number of carbonyl (C=O) groups excluding carboxylic acids is 2. The number of thiophene rings is 1. The van der Waals surface area contributed by atoms with Crippen LogP contribution in [0.2, 0.25) is 0 Å². The van der Waals surface area contributed by atoms with Crippen LogP contribution in [-0.2, 0) is 9.53 Å². The molecule has 1 aromatic heterocycles. The van der Waals surface area contributed by atoms with E-state index in [0.29, 0.717) is 10.6 Å². The molecule has 0 spiro atoms. The third-order valence-corrected chi connectivity index (χ3v) is 6.98. The molecule has 1 aliphatic carbocycles. The average Bonchev–Trinajstić information content (AvgIpc) is 3.08. The Hall–Kier alpha value is -2.14. The molecule has 1 amide bonds. The van der Waals surface area contributed by atoms with Gasteiger partial charge in [-0.1, -0.05) is 56.5 Å². The first-order chi connectivity index (χ1) is 14.0. The molecule has 3 rings (SSSR count). The molecule has 0 unspecified atom stereocenters. The van der Waals surface area contributed by atoms with E-state index in [-0.39, 0.29) is 11.8 Å². The van der Waals surface area contributed by atoms with Crippen molar-refractivity contribution < 1.29 is 14.3 Å². The Kier molecular flexibility index (Phi) is 7.48. The SMILES string of the molecule is CCCCC1CCC(C(=O)Nc2sc(C)c(-c3ccccc3)c2C(=O)OC)CC1. The molecule has 0 saturated heterocycles. The van der Waals surface area contributed by atoms with E-state index in [9.17, 15) is 9.59 Å². The minimum atomic E-state index is -0.410. The highest BCUT2D eigenvalue weighted by Crippen LogP contribution is 2.41. The molecule has 0 aliphatic heterocycles. The number of methoxy groups -OCH3 is 1. The molecule has 0 bridgehead atoms. The van der Waals surface area contributed by atoms with Crippen LogP contribution in [0.3, 0.4) is 0 Å². The summed E-state index contributed by atoms with van der Waals surface area (Å²) in [6.45, 7) is 4.21. The second kappa shape index (κ2) is 10.1. The van der Waals surface area contributed by atoms with Gasteiger partial charge in [-0.2, -0.15) is 0 Å². The predicted molar refractivity (Wildman–Crippen MR) is 119 cm³/mol. The molecule has 1 aliphatic rings. The van der Waals surface area contributed by atoms with Crippen molar-refractivity contribution in [1.29, 1.82) is 0 Å². The number of ether oxygens (including phenoxy) is 1. The number of aryl methyl sites for hydroxylation is 1. The lowest BCUT2D eigenvalue weighted by atomic mass is 9.79. The molecule has 1 aromatic carbocycles. The number of amides is 1. The Labute approximate surface area is 177 Å². The van der Waals surface area contributed by atoms with Crippen molar-refractivity contribution in [2.24, 2.45) is 11.8 Å². The van der Waals surface area contributed by atoms with Gasteiger partial charge in [-0.05, 0) is 44.1 Å². The Morgan fingerprint density at radius 3 is 2.45 bits per heavy atom. The Morgan fingerprint density at radius 2 is 1.83 bits per heavy atom. The first-order valence-electron chi connectivity index (χ1n) is 10.6. The molecule has 0 radical (unpaired) electrons. The van der Waals surface area contributed by atoms with E-state index in [1.54, 1.807) is 0 Å². The van der Waals surface area contributed by atoms with Crippen molar-refractivity contribution in [3.63, 3.8) is 0 Å². The van der Waals surface area contributed by atoms with E-state index >= 15 is 0 Å². The third-order valence-electron chi connectivity index (χ3n) is 5.96. The quantitative estimate of drug-likeness (QED) is 0.531. The lowest BCUT2D eigenvalue weighted by Crippen LogP contribution is -2.27. The first kappa shape index (κ1) is 21.6. The van der Waals surface area contributed by atoms with Crippen LogP contribution in [0.1, 0.15) is 67.1 Å². The van der Waals surface area contributed by atoms with Crippen LogP contribution in [0, 0.1) is 18.8 Å². The van der Waals surface area contributed by atoms with E-state index in [0.717, 1.165) is 47.6 Å². The molecule has 0 atom stereocenters. The molecule has 29 heavy (non-hydrogen) atoms. The maximum Gasteiger partial charge on any atom is 0.341 e. The van der Waals surface area contributed by atoms with Crippen LogP contribution in [0.5, 0.6) is 0 Å². The number of anilines is 1. The topological polar surface area (TPSA) is 55.4 Å². The van der Waals surface area contributed by atoms with Crippen molar-refractivity contribution in [2.45, 2.75) is 58.8 Å². The van der Waals surface area contributed by atoms with Crippen molar-refractivity contribution in [3.8, 4) is 11.1 Å². The largest absolute Gasteiger partial charge is 0.465 e. The van der Waals surface area contributed by atoms with E-state index < -0.39 is 5.97 Å². The smallest absolute Gasteiger partial charge is 0.341 e. The van der Waals surface area contributed by atoms with Gasteiger partial charge >= 0.3 is 5.97 Å². The van der Waals surface area contributed by atoms with Crippen LogP contribution in [0.4, 0.5) is 5.00 Å². The fourth-order valence-electron chi connectivity index (χ4n) is 4.30. The van der Waals surface area contributed by atoms with Crippen molar-refractivity contribution in [1.82, 2.24) is 0 Å². The van der Waals surface area contributed by atoms with Gasteiger partial charge in [0.1, 0.15) is 10.6 Å². The van der Waals surface area contributed by atoms with Gasteiger partial charge in [0.25, 0.3) is 0 Å². The standard InChI is InChI=1S/C24H31NO3S/c1-4-5-9-17-12-14-19(15-13-17)22(26)25-23-21(24(27)28-3)20(16(2)29-23)18-10-7-6-8-11-18/h6-8,10-11,17,19H,4-5,9,12-15H2,1-3H3,(H,25,26). The van der Waals surface area contributed by atoms with Crippen molar-refractivity contribution in [3.05, 3.63) is 40.8 Å². The van der Waals surface area contributed by atoms with E-state index in [2.05, 4.69) is 12.2 Å². The molecule has 1 N–H and O–H groups in total. The molecule has 1 heterocycles. The number of hydrogen-bond acceptors (Lipinski definition) is 4. The molecular weight excluding hydrogens is 382 g/mol. The van der Waals surface area contributed by atoms with E-state index in [4.69, 9.17) is 4.74 Å². The highest BCUT2D eigenvalue weighted by Gasteiger charge is 2.29. The molecule has 1 fully saturated rings. The normalized spacial score (nSPS) is 19.0. The highest BCUT2D eigenvalue weighted by molar-refractivity contribution is 7.17. The summed E-state index contributed by atoms with van der Waals surface area (Å²) in [6.07, 6.45) is 7.91. The van der Waals surface area contributed by atoms with E-state index in [1.165, 1.54) is 37.7 Å². The lowest BCUT2D eigenvalue weighted by Gasteiger charge is -2.27. The zero-order valence-corrected chi connectivity index (χ0v) is 18.4. The molecule has 2 aromatic rings. The Morgan fingerprint density at radius 1 is 1.14 bits per heavy atom. The van der Waals surface area contributed by atoms with Gasteiger partial charge in [-0.25, -0.2) is 4.79 Å². The minimum absolute atomic E-state index is 0.0287. The second-order valence-electron chi connectivity index (χ2n) is 7.94. The van der Waals surface area contributed by atoms with E-state index in [1.807, 2.05) is 37.3 Å². The fourth-order valence-corrected chi connectivity index (χ4v) is 5.37.